The summed E-state index contributed by atoms with van der Waals surface area (Å²) in [5.41, 5.74) is 0. The average molecular weight is 355 g/mol. The van der Waals surface area contributed by atoms with Crippen LogP contribution < -0.4 is 5.32 Å². The number of benzene rings is 1. The van der Waals surface area contributed by atoms with Gasteiger partial charge in [0.1, 0.15) is 10.7 Å². The van der Waals surface area contributed by atoms with E-state index in [4.69, 9.17) is 11.6 Å². The smallest absolute Gasteiger partial charge is 0.246 e. The minimum absolute atomic E-state index is 0. The Balaban J connectivity index is 0.00000161. The van der Waals surface area contributed by atoms with Gasteiger partial charge in [0.25, 0.3) is 0 Å². The third-order valence-corrected chi connectivity index (χ3v) is 6.13. The lowest BCUT2D eigenvalue weighted by Gasteiger charge is -2.23. The number of fused-ring (bicyclic) bond motifs is 2. The van der Waals surface area contributed by atoms with Crippen LogP contribution in [0.4, 0.5) is 4.39 Å². The number of hydrogen-bond acceptors (Lipinski definition) is 3. The lowest BCUT2D eigenvalue weighted by Crippen LogP contribution is -2.39. The summed E-state index contributed by atoms with van der Waals surface area (Å²) in [4.78, 5) is -0.292. The molecule has 2 aliphatic heterocycles. The molecule has 2 aliphatic rings. The Kier molecular flexibility index (Phi) is 5.15. The highest BCUT2D eigenvalue weighted by Crippen LogP contribution is 2.27. The zero-order valence-electron chi connectivity index (χ0n) is 11.3. The lowest BCUT2D eigenvalue weighted by atomic mass is 10.1. The van der Waals surface area contributed by atoms with Crippen molar-refractivity contribution in [3.05, 3.63) is 29.0 Å². The zero-order chi connectivity index (χ0) is 14.3. The van der Waals surface area contributed by atoms with Gasteiger partial charge in [-0.1, -0.05) is 11.6 Å². The van der Waals surface area contributed by atoms with Crippen LogP contribution in [0.1, 0.15) is 19.3 Å². The second kappa shape index (κ2) is 6.38. The molecule has 1 N–H and O–H groups in total. The fraction of sp³-hybridized carbons (Fsp3) is 0.538. The minimum atomic E-state index is -3.80. The van der Waals surface area contributed by atoms with Gasteiger partial charge < -0.3 is 5.32 Å². The molecule has 0 amide bonds. The van der Waals surface area contributed by atoms with Crippen molar-refractivity contribution in [2.45, 2.75) is 36.2 Å². The van der Waals surface area contributed by atoms with Crippen molar-refractivity contribution in [1.29, 1.82) is 0 Å². The first-order chi connectivity index (χ1) is 9.46. The van der Waals surface area contributed by atoms with Crippen LogP contribution in [0.25, 0.3) is 0 Å². The number of hydrogen-bond donors (Lipinski definition) is 1. The molecular formula is C13H17Cl2FN2O2S. The molecule has 2 atom stereocenters. The number of sulfonamides is 1. The first kappa shape index (κ1) is 17.0. The largest absolute Gasteiger partial charge is 0.310 e. The van der Waals surface area contributed by atoms with Crippen molar-refractivity contribution in [3.8, 4) is 0 Å². The summed E-state index contributed by atoms with van der Waals surface area (Å²) >= 11 is 5.67. The van der Waals surface area contributed by atoms with E-state index in [0.29, 0.717) is 19.1 Å². The summed E-state index contributed by atoms with van der Waals surface area (Å²) in [7, 11) is -3.80. The number of rotatable bonds is 2. The summed E-state index contributed by atoms with van der Waals surface area (Å²) in [6.45, 7) is 0.833. The molecule has 0 saturated carbocycles. The van der Waals surface area contributed by atoms with Gasteiger partial charge in [-0.3, -0.25) is 0 Å². The van der Waals surface area contributed by atoms with E-state index >= 15 is 0 Å². The predicted molar refractivity (Wildman–Crippen MR) is 82.0 cm³/mol. The molecule has 0 spiro atoms. The second-order valence-electron chi connectivity index (χ2n) is 5.36. The van der Waals surface area contributed by atoms with E-state index in [1.165, 1.54) is 16.4 Å². The van der Waals surface area contributed by atoms with Crippen LogP contribution in [0.3, 0.4) is 0 Å². The fourth-order valence-corrected chi connectivity index (χ4v) is 4.66. The third kappa shape index (κ3) is 3.35. The van der Waals surface area contributed by atoms with Crippen LogP contribution in [-0.4, -0.2) is 37.9 Å². The molecule has 2 fully saturated rings. The molecule has 8 heteroatoms. The summed E-state index contributed by atoms with van der Waals surface area (Å²) in [5.74, 6) is -0.792. The van der Waals surface area contributed by atoms with Crippen molar-refractivity contribution in [1.82, 2.24) is 9.62 Å². The highest BCUT2D eigenvalue weighted by molar-refractivity contribution is 7.89. The summed E-state index contributed by atoms with van der Waals surface area (Å²) < 4.78 is 40.4. The van der Waals surface area contributed by atoms with Gasteiger partial charge in [0.2, 0.25) is 10.0 Å². The first-order valence-corrected chi connectivity index (χ1v) is 8.50. The molecule has 4 nitrogen and oxygen atoms in total. The highest BCUT2D eigenvalue weighted by Gasteiger charge is 2.35. The van der Waals surface area contributed by atoms with Crippen LogP contribution in [0.15, 0.2) is 23.1 Å². The highest BCUT2D eigenvalue weighted by atomic mass is 35.5. The van der Waals surface area contributed by atoms with Crippen LogP contribution >= 0.6 is 24.0 Å². The maximum atomic E-state index is 13.9. The number of nitrogens with zero attached hydrogens (tertiary/aromatic N) is 1. The van der Waals surface area contributed by atoms with Crippen LogP contribution in [0.5, 0.6) is 0 Å². The van der Waals surface area contributed by atoms with Gasteiger partial charge in [-0.25, -0.2) is 12.8 Å². The van der Waals surface area contributed by atoms with E-state index in [2.05, 4.69) is 5.32 Å². The van der Waals surface area contributed by atoms with Gasteiger partial charge in [0.15, 0.2) is 0 Å². The average Bonchev–Trinajstić information content (AvgIpc) is 2.67. The van der Waals surface area contributed by atoms with Crippen molar-refractivity contribution in [3.63, 3.8) is 0 Å². The normalized spacial score (nSPS) is 26.2. The summed E-state index contributed by atoms with van der Waals surface area (Å²) in [6, 6.07) is 4.24. The molecule has 2 heterocycles. The molecule has 3 rings (SSSR count). The van der Waals surface area contributed by atoms with E-state index in [-0.39, 0.29) is 28.4 Å². The SMILES string of the molecule is Cl.O=S(=O)(c1ccc(Cl)cc1F)N1CCC2CCC(C1)N2. The molecular weight excluding hydrogens is 338 g/mol. The van der Waals surface area contributed by atoms with Gasteiger partial charge in [-0.2, -0.15) is 4.31 Å². The molecule has 0 aliphatic carbocycles. The second-order valence-corrected chi connectivity index (χ2v) is 7.71. The quantitative estimate of drug-likeness (QED) is 0.887. The molecule has 0 aromatic heterocycles. The Hall–Kier alpha value is -0.400. The molecule has 2 saturated heterocycles. The van der Waals surface area contributed by atoms with Gasteiger partial charge in [0, 0.05) is 30.2 Å². The Morgan fingerprint density at radius 2 is 1.95 bits per heavy atom. The Morgan fingerprint density at radius 1 is 1.24 bits per heavy atom. The standard InChI is InChI=1S/C13H16ClFN2O2S.ClH/c14-9-1-4-13(12(15)7-9)20(18,19)17-6-5-10-2-3-11(8-17)16-10;/h1,4,7,10-11,16H,2-3,5-6,8H2;1H. The molecule has 1 aromatic rings. The molecule has 1 aromatic carbocycles. The van der Waals surface area contributed by atoms with E-state index in [1.54, 1.807) is 0 Å². The van der Waals surface area contributed by atoms with E-state index < -0.39 is 15.8 Å². The van der Waals surface area contributed by atoms with Crippen molar-refractivity contribution in [2.24, 2.45) is 0 Å². The monoisotopic (exact) mass is 354 g/mol. The topological polar surface area (TPSA) is 49.4 Å². The first-order valence-electron chi connectivity index (χ1n) is 6.68. The van der Waals surface area contributed by atoms with Gasteiger partial charge in [0.05, 0.1) is 0 Å². The van der Waals surface area contributed by atoms with Crippen LogP contribution in [-0.2, 0) is 10.0 Å². The Bertz CT molecular complexity index is 627. The van der Waals surface area contributed by atoms with Crippen molar-refractivity contribution in [2.75, 3.05) is 13.1 Å². The maximum Gasteiger partial charge on any atom is 0.246 e. The molecule has 118 valence electrons. The zero-order valence-corrected chi connectivity index (χ0v) is 13.6. The summed E-state index contributed by atoms with van der Waals surface area (Å²) in [5, 5.41) is 3.60. The lowest BCUT2D eigenvalue weighted by molar-refractivity contribution is 0.381. The molecule has 2 bridgehead atoms. The third-order valence-electron chi connectivity index (χ3n) is 4.00. The predicted octanol–water partition coefficient (Wildman–Crippen LogP) is 2.42. The van der Waals surface area contributed by atoms with E-state index in [0.717, 1.165) is 25.3 Å². The van der Waals surface area contributed by atoms with Gasteiger partial charge >= 0.3 is 0 Å². The number of nitrogens with one attached hydrogen (secondary N) is 1. The molecule has 2 unspecified atom stereocenters. The maximum absolute atomic E-state index is 13.9. The molecule has 0 radical (unpaired) electrons. The fourth-order valence-electron chi connectivity index (χ4n) is 2.95. The van der Waals surface area contributed by atoms with Gasteiger partial charge in [-0.15, -0.1) is 12.4 Å². The number of halogens is 3. The van der Waals surface area contributed by atoms with E-state index in [9.17, 15) is 12.8 Å². The van der Waals surface area contributed by atoms with Crippen LogP contribution in [0.2, 0.25) is 5.02 Å². The molecule has 21 heavy (non-hydrogen) atoms. The van der Waals surface area contributed by atoms with Crippen molar-refractivity contribution >= 4 is 34.0 Å². The Morgan fingerprint density at radius 3 is 2.67 bits per heavy atom. The van der Waals surface area contributed by atoms with Crippen LogP contribution in [0, 0.1) is 5.82 Å². The van der Waals surface area contributed by atoms with Crippen molar-refractivity contribution < 1.29 is 12.8 Å². The van der Waals surface area contributed by atoms with E-state index in [1.807, 2.05) is 0 Å². The Labute approximate surface area is 135 Å². The summed E-state index contributed by atoms with van der Waals surface area (Å²) in [6.07, 6.45) is 2.83. The minimum Gasteiger partial charge on any atom is -0.310 e. The van der Waals surface area contributed by atoms with Gasteiger partial charge in [-0.05, 0) is 37.5 Å².